The Hall–Kier alpha value is 1.52. The molecule has 0 saturated carbocycles. The first-order valence-corrected chi connectivity index (χ1v) is 2.35. The molecule has 0 aromatic heterocycles. The molecule has 0 fully saturated rings. The van der Waals surface area contributed by atoms with Gasteiger partial charge in [-0.3, -0.25) is 0 Å². The molecular formula is H13Mg2O7P. The van der Waals surface area contributed by atoms with Gasteiger partial charge in [0.05, 0.1) is 0 Å². The summed E-state index contributed by atoms with van der Waals surface area (Å²) in [6, 6.07) is 0. The molecule has 0 saturated heterocycles. The van der Waals surface area contributed by atoms with E-state index in [2.05, 4.69) is 0 Å². The van der Waals surface area contributed by atoms with Gasteiger partial charge in [0.15, 0.2) is 0 Å². The molecule has 64 valence electrons. The average molecular weight is 205 g/mol. The van der Waals surface area contributed by atoms with Crippen molar-refractivity contribution in [3.8, 4) is 0 Å². The van der Waals surface area contributed by atoms with E-state index in [-0.39, 0.29) is 68.2 Å². The second-order valence-electron chi connectivity index (χ2n) is 0.513. The van der Waals surface area contributed by atoms with E-state index in [1.807, 2.05) is 0 Å². The molecule has 0 heterocycles. The largest absolute Gasteiger partial charge is 2.00 e. The Morgan fingerprint density at radius 2 is 0.900 bits per heavy atom. The van der Waals surface area contributed by atoms with E-state index in [4.69, 9.17) is 19.2 Å². The maximum absolute atomic E-state index is 8.88. The molecule has 0 unspecified atom stereocenters. The van der Waals surface area contributed by atoms with Crippen LogP contribution in [0.25, 0.3) is 0 Å². The second kappa shape index (κ2) is 16.9. The van der Waals surface area contributed by atoms with Gasteiger partial charge in [-0.1, -0.05) is 0 Å². The van der Waals surface area contributed by atoms with E-state index in [1.54, 1.807) is 0 Å². The minimum absolute atomic E-state index is 0. The Bertz CT molecular complexity index is 69.8. The molecule has 0 spiro atoms. The zero-order valence-electron chi connectivity index (χ0n) is 9.11. The number of hydrogen-bond acceptors (Lipinski definition) is 1. The third-order valence-electron chi connectivity index (χ3n) is 0. The summed E-state index contributed by atoms with van der Waals surface area (Å²) in [5.41, 5.74) is 0. The van der Waals surface area contributed by atoms with Gasteiger partial charge in [0.2, 0.25) is 0 Å². The van der Waals surface area contributed by atoms with Crippen molar-refractivity contribution >= 4 is 53.9 Å². The Labute approximate surface area is 95.2 Å². The standard InChI is InChI=1S/2Mg.H3O4P.3H2O.4H/c;;1-5(2,3)4;;;;;;;/h;;(H3,1,2,3,4);3*1H2;;;;/q2*+2;;;;;4*-1. The minimum Gasteiger partial charge on any atom is -1.00 e. The zero-order valence-corrected chi connectivity index (χ0v) is 8.83. The van der Waals surface area contributed by atoms with Crippen LogP contribution in [0.4, 0.5) is 0 Å². The molecule has 0 aliphatic heterocycles. The topological polar surface area (TPSA) is 172 Å². The summed E-state index contributed by atoms with van der Waals surface area (Å²) in [5, 5.41) is 0. The van der Waals surface area contributed by atoms with Gasteiger partial charge in [-0.25, -0.2) is 4.57 Å². The third-order valence-corrected chi connectivity index (χ3v) is 0. The van der Waals surface area contributed by atoms with E-state index in [1.165, 1.54) is 0 Å². The van der Waals surface area contributed by atoms with Crippen LogP contribution in [0.1, 0.15) is 5.71 Å². The van der Waals surface area contributed by atoms with Crippen LogP contribution in [0, 0.1) is 0 Å². The SMILES string of the molecule is O.O.O.O=P(O)(O)O.[H-].[H-].[H-].[H-].[Mg+2].[Mg+2]. The number of phosphoric acid groups is 1. The monoisotopic (exact) mass is 204 g/mol. The van der Waals surface area contributed by atoms with E-state index in [0.29, 0.717) is 0 Å². The molecule has 0 aliphatic rings. The molecule has 0 aromatic rings. The van der Waals surface area contributed by atoms with Crippen LogP contribution in [0.2, 0.25) is 0 Å². The van der Waals surface area contributed by atoms with Gasteiger partial charge in [0.25, 0.3) is 0 Å². The molecule has 0 amide bonds. The van der Waals surface area contributed by atoms with Crippen molar-refractivity contribution in [2.24, 2.45) is 0 Å². The van der Waals surface area contributed by atoms with Crippen LogP contribution in [-0.4, -0.2) is 77.2 Å². The normalized spacial score (nSPS) is 5.90. The minimum atomic E-state index is -4.64. The fourth-order valence-corrected chi connectivity index (χ4v) is 0. The molecule has 0 rings (SSSR count). The molecule has 10 heteroatoms. The summed E-state index contributed by atoms with van der Waals surface area (Å²) in [6.07, 6.45) is 0. The van der Waals surface area contributed by atoms with Gasteiger partial charge < -0.3 is 36.8 Å². The van der Waals surface area contributed by atoms with Gasteiger partial charge >= 0.3 is 53.9 Å². The van der Waals surface area contributed by atoms with Gasteiger partial charge in [0.1, 0.15) is 0 Å². The van der Waals surface area contributed by atoms with Crippen LogP contribution < -0.4 is 0 Å². The molecular weight excluding hydrogens is 192 g/mol. The first-order chi connectivity index (χ1) is 2.00. The van der Waals surface area contributed by atoms with Crippen molar-refractivity contribution in [2.45, 2.75) is 0 Å². The van der Waals surface area contributed by atoms with Crippen LogP contribution in [0.5, 0.6) is 0 Å². The Morgan fingerprint density at radius 1 is 0.900 bits per heavy atom. The molecule has 0 aliphatic carbocycles. The van der Waals surface area contributed by atoms with Crippen molar-refractivity contribution in [3.05, 3.63) is 0 Å². The molecule has 10 heavy (non-hydrogen) atoms. The predicted octanol–water partition coefficient (Wildman–Crippen LogP) is -3.71. The Kier molecular flexibility index (Phi) is 70.5. The molecule has 0 bridgehead atoms. The first kappa shape index (κ1) is 41.8. The molecule has 0 atom stereocenters. The number of rotatable bonds is 0. The Morgan fingerprint density at radius 3 is 0.900 bits per heavy atom. The zero-order chi connectivity index (χ0) is 4.50. The third kappa shape index (κ3) is 298. The summed E-state index contributed by atoms with van der Waals surface area (Å²) >= 11 is 0. The van der Waals surface area contributed by atoms with E-state index in [9.17, 15) is 0 Å². The van der Waals surface area contributed by atoms with Crippen molar-refractivity contribution in [3.63, 3.8) is 0 Å². The summed E-state index contributed by atoms with van der Waals surface area (Å²) in [6.45, 7) is 0. The number of hydrogen-bond donors (Lipinski definition) is 3. The van der Waals surface area contributed by atoms with Gasteiger partial charge in [-0.15, -0.1) is 0 Å². The van der Waals surface area contributed by atoms with Crippen molar-refractivity contribution in [1.82, 2.24) is 0 Å². The Balaban J connectivity index is -0.00000000222. The summed E-state index contributed by atoms with van der Waals surface area (Å²) < 4.78 is 8.88. The van der Waals surface area contributed by atoms with Crippen LogP contribution in [-0.2, 0) is 4.57 Å². The average Bonchev–Trinajstić information content (AvgIpc) is 0.722. The van der Waals surface area contributed by atoms with Crippen molar-refractivity contribution < 1.29 is 41.4 Å². The van der Waals surface area contributed by atoms with Gasteiger partial charge in [-0.2, -0.15) is 0 Å². The maximum Gasteiger partial charge on any atom is 2.00 e. The maximum atomic E-state index is 8.88. The van der Waals surface area contributed by atoms with Crippen molar-refractivity contribution in [1.29, 1.82) is 0 Å². The van der Waals surface area contributed by atoms with Crippen LogP contribution >= 0.6 is 7.82 Å². The molecule has 9 N–H and O–H groups in total. The van der Waals surface area contributed by atoms with Gasteiger partial charge in [0, 0.05) is 0 Å². The summed E-state index contributed by atoms with van der Waals surface area (Å²) in [7, 11) is -4.64. The van der Waals surface area contributed by atoms with E-state index >= 15 is 0 Å². The van der Waals surface area contributed by atoms with Crippen LogP contribution in [0.3, 0.4) is 0 Å². The summed E-state index contributed by atoms with van der Waals surface area (Å²) in [5.74, 6) is 0. The molecule has 0 aromatic carbocycles. The fourth-order valence-electron chi connectivity index (χ4n) is 0. The van der Waals surface area contributed by atoms with Gasteiger partial charge in [-0.05, 0) is 0 Å². The van der Waals surface area contributed by atoms with E-state index < -0.39 is 7.82 Å². The second-order valence-corrected chi connectivity index (χ2v) is 1.54. The first-order valence-electron chi connectivity index (χ1n) is 0.783. The smallest absolute Gasteiger partial charge is 1.00 e. The molecule has 0 radical (unpaired) electrons. The van der Waals surface area contributed by atoms with E-state index in [0.717, 1.165) is 0 Å². The van der Waals surface area contributed by atoms with Crippen LogP contribution in [0.15, 0.2) is 0 Å². The van der Waals surface area contributed by atoms with Crippen molar-refractivity contribution in [2.75, 3.05) is 0 Å². The molecule has 7 nitrogen and oxygen atoms in total. The summed E-state index contributed by atoms with van der Waals surface area (Å²) in [4.78, 5) is 21.6. The predicted molar refractivity (Wildman–Crippen MR) is 41.1 cm³/mol. The quantitative estimate of drug-likeness (QED) is 0.272. The fraction of sp³-hybridized carbons (Fsp3) is 0.